The summed E-state index contributed by atoms with van der Waals surface area (Å²) in [5, 5.41) is 0. The third-order valence-corrected chi connectivity index (χ3v) is 1.66. The summed E-state index contributed by atoms with van der Waals surface area (Å²) in [5.74, 6) is 2.39. The zero-order valence-electron chi connectivity index (χ0n) is 7.51. The van der Waals surface area contributed by atoms with Crippen molar-refractivity contribution in [1.82, 2.24) is 0 Å². The van der Waals surface area contributed by atoms with Crippen molar-refractivity contribution >= 4 is 0 Å². The molecule has 0 aliphatic carbocycles. The van der Waals surface area contributed by atoms with Crippen molar-refractivity contribution in [1.29, 1.82) is 0 Å². The van der Waals surface area contributed by atoms with Gasteiger partial charge in [0.05, 0.1) is 6.61 Å². The minimum atomic E-state index is -0.306. The van der Waals surface area contributed by atoms with Crippen LogP contribution in [0.3, 0.4) is 0 Å². The van der Waals surface area contributed by atoms with E-state index in [9.17, 15) is 4.39 Å². The quantitative estimate of drug-likeness (QED) is 0.510. The topological polar surface area (TPSA) is 9.23 Å². The fourth-order valence-corrected chi connectivity index (χ4v) is 0.952. The van der Waals surface area contributed by atoms with Gasteiger partial charge in [-0.1, -0.05) is 12.1 Å². The molecule has 1 rings (SSSR count). The first kappa shape index (κ1) is 9.60. The number of hydrogen-bond acceptors (Lipinski definition) is 1. The van der Waals surface area contributed by atoms with Gasteiger partial charge in [0.15, 0.2) is 11.6 Å². The number of halogens is 1. The average Bonchev–Trinajstić information content (AvgIpc) is 2.13. The van der Waals surface area contributed by atoms with E-state index in [1.807, 2.05) is 0 Å². The Kier molecular flexibility index (Phi) is 3.33. The monoisotopic (exact) mass is 178 g/mol. The van der Waals surface area contributed by atoms with E-state index in [2.05, 4.69) is 5.92 Å². The van der Waals surface area contributed by atoms with Crippen LogP contribution in [0.1, 0.15) is 12.0 Å². The molecule has 0 unspecified atom stereocenters. The van der Waals surface area contributed by atoms with Gasteiger partial charge >= 0.3 is 0 Å². The second-order valence-electron chi connectivity index (χ2n) is 2.69. The zero-order chi connectivity index (χ0) is 9.68. The third kappa shape index (κ3) is 2.48. The van der Waals surface area contributed by atoms with Crippen LogP contribution >= 0.6 is 0 Å². The van der Waals surface area contributed by atoms with Gasteiger partial charge in [0.2, 0.25) is 0 Å². The summed E-state index contributed by atoms with van der Waals surface area (Å²) in [6.07, 6.45) is 5.53. The molecule has 2 heteroatoms. The van der Waals surface area contributed by atoms with E-state index in [-0.39, 0.29) is 11.6 Å². The number of benzene rings is 1. The molecule has 0 aromatic heterocycles. The molecule has 0 saturated carbocycles. The van der Waals surface area contributed by atoms with Crippen LogP contribution in [-0.2, 0) is 0 Å². The molecule has 1 aromatic rings. The first-order valence-corrected chi connectivity index (χ1v) is 4.07. The molecule has 68 valence electrons. The number of ether oxygens (including phenoxy) is 1. The van der Waals surface area contributed by atoms with E-state index >= 15 is 0 Å². The highest BCUT2D eigenvalue weighted by Gasteiger charge is 2.04. The Labute approximate surface area is 77.5 Å². The SMILES string of the molecule is C#CCCOc1cccc(C)c1F. The van der Waals surface area contributed by atoms with Gasteiger partial charge in [0.25, 0.3) is 0 Å². The minimum absolute atomic E-state index is 0.273. The van der Waals surface area contributed by atoms with Crippen molar-refractivity contribution in [2.24, 2.45) is 0 Å². The zero-order valence-corrected chi connectivity index (χ0v) is 7.51. The van der Waals surface area contributed by atoms with Crippen molar-refractivity contribution in [3.05, 3.63) is 29.6 Å². The number of terminal acetylenes is 1. The minimum Gasteiger partial charge on any atom is -0.490 e. The van der Waals surface area contributed by atoms with E-state index in [4.69, 9.17) is 11.2 Å². The van der Waals surface area contributed by atoms with Gasteiger partial charge in [-0.3, -0.25) is 0 Å². The molecule has 1 aromatic carbocycles. The largest absolute Gasteiger partial charge is 0.490 e. The van der Waals surface area contributed by atoms with E-state index in [1.54, 1.807) is 25.1 Å². The maximum atomic E-state index is 13.3. The Balaban J connectivity index is 2.67. The Morgan fingerprint density at radius 2 is 2.31 bits per heavy atom. The highest BCUT2D eigenvalue weighted by atomic mass is 19.1. The van der Waals surface area contributed by atoms with Crippen LogP contribution in [0.5, 0.6) is 5.75 Å². The molecule has 0 aliphatic heterocycles. The van der Waals surface area contributed by atoms with Gasteiger partial charge in [-0.25, -0.2) is 4.39 Å². The molecule has 0 saturated heterocycles. The summed E-state index contributed by atoms with van der Waals surface area (Å²) in [7, 11) is 0. The van der Waals surface area contributed by atoms with Crippen LogP contribution < -0.4 is 4.74 Å². The predicted octanol–water partition coefficient (Wildman–Crippen LogP) is 2.54. The first-order chi connectivity index (χ1) is 6.25. The molecule has 0 N–H and O–H groups in total. The van der Waals surface area contributed by atoms with E-state index in [0.717, 1.165) is 0 Å². The molecule has 13 heavy (non-hydrogen) atoms. The Morgan fingerprint density at radius 1 is 1.54 bits per heavy atom. The first-order valence-electron chi connectivity index (χ1n) is 4.07. The molecular weight excluding hydrogens is 167 g/mol. The van der Waals surface area contributed by atoms with E-state index in [1.165, 1.54) is 0 Å². The van der Waals surface area contributed by atoms with Crippen molar-refractivity contribution in [2.75, 3.05) is 6.61 Å². The number of rotatable bonds is 3. The third-order valence-electron chi connectivity index (χ3n) is 1.66. The maximum absolute atomic E-state index is 13.3. The smallest absolute Gasteiger partial charge is 0.167 e. The van der Waals surface area contributed by atoms with Crippen LogP contribution in [0.25, 0.3) is 0 Å². The molecular formula is C11H11FO. The molecule has 1 nitrogen and oxygen atoms in total. The molecule has 0 aliphatic rings. The molecule has 0 atom stereocenters. The Morgan fingerprint density at radius 3 is 3.00 bits per heavy atom. The summed E-state index contributed by atoms with van der Waals surface area (Å²) >= 11 is 0. The second-order valence-corrected chi connectivity index (χ2v) is 2.69. The Hall–Kier alpha value is -1.49. The van der Waals surface area contributed by atoms with Crippen molar-refractivity contribution in [3.63, 3.8) is 0 Å². The summed E-state index contributed by atoms with van der Waals surface area (Å²) in [4.78, 5) is 0. The highest BCUT2D eigenvalue weighted by Crippen LogP contribution is 2.19. The summed E-state index contributed by atoms with van der Waals surface area (Å²) in [6.45, 7) is 2.06. The van der Waals surface area contributed by atoms with E-state index < -0.39 is 0 Å². The van der Waals surface area contributed by atoms with Gasteiger partial charge in [-0.2, -0.15) is 0 Å². The van der Waals surface area contributed by atoms with Gasteiger partial charge in [0, 0.05) is 6.42 Å². The standard InChI is InChI=1S/C11H11FO/c1-3-4-8-13-10-7-5-6-9(2)11(10)12/h1,5-7H,4,8H2,2H3. The lowest BCUT2D eigenvalue weighted by atomic mass is 10.2. The van der Waals surface area contributed by atoms with Gasteiger partial charge in [0.1, 0.15) is 0 Å². The maximum Gasteiger partial charge on any atom is 0.167 e. The average molecular weight is 178 g/mol. The van der Waals surface area contributed by atoms with Crippen molar-refractivity contribution < 1.29 is 9.13 Å². The highest BCUT2D eigenvalue weighted by molar-refractivity contribution is 5.30. The number of aryl methyl sites for hydroxylation is 1. The van der Waals surface area contributed by atoms with Crippen molar-refractivity contribution in [2.45, 2.75) is 13.3 Å². The lowest BCUT2D eigenvalue weighted by molar-refractivity contribution is 0.309. The predicted molar refractivity (Wildman–Crippen MR) is 50.1 cm³/mol. The second kappa shape index (κ2) is 4.51. The van der Waals surface area contributed by atoms with Crippen LogP contribution in [0.2, 0.25) is 0 Å². The van der Waals surface area contributed by atoms with Crippen molar-refractivity contribution in [3.8, 4) is 18.1 Å². The molecule has 0 heterocycles. The van der Waals surface area contributed by atoms with Gasteiger partial charge in [-0.15, -0.1) is 12.3 Å². The van der Waals surface area contributed by atoms with Crippen LogP contribution in [0, 0.1) is 25.1 Å². The lowest BCUT2D eigenvalue weighted by Crippen LogP contribution is -1.98. The molecule has 0 bridgehead atoms. The Bertz CT molecular complexity index is 325. The normalized spacial score (nSPS) is 9.31. The number of hydrogen-bond donors (Lipinski definition) is 0. The molecule has 0 amide bonds. The van der Waals surface area contributed by atoms with E-state index in [0.29, 0.717) is 18.6 Å². The lowest BCUT2D eigenvalue weighted by Gasteiger charge is -2.06. The molecule has 0 fully saturated rings. The summed E-state index contributed by atoms with van der Waals surface area (Å²) in [6, 6.07) is 5.05. The molecule has 0 radical (unpaired) electrons. The van der Waals surface area contributed by atoms with Gasteiger partial charge in [-0.05, 0) is 18.6 Å². The van der Waals surface area contributed by atoms with Gasteiger partial charge < -0.3 is 4.74 Å². The van der Waals surface area contributed by atoms with Crippen LogP contribution in [0.4, 0.5) is 4.39 Å². The fourth-order valence-electron chi connectivity index (χ4n) is 0.952. The summed E-state index contributed by atoms with van der Waals surface area (Å²) < 4.78 is 18.4. The van der Waals surface area contributed by atoms with Crippen LogP contribution in [0.15, 0.2) is 18.2 Å². The van der Waals surface area contributed by atoms with Crippen LogP contribution in [-0.4, -0.2) is 6.61 Å². The summed E-state index contributed by atoms with van der Waals surface area (Å²) in [5.41, 5.74) is 0.582. The fraction of sp³-hybridized carbons (Fsp3) is 0.273. The molecule has 0 spiro atoms.